The molecule has 1 saturated heterocycles. The molecule has 38 heavy (non-hydrogen) atoms. The summed E-state index contributed by atoms with van der Waals surface area (Å²) in [6.07, 6.45) is 5.75. The second kappa shape index (κ2) is 10.5. The number of nitrogens with one attached hydrogen (secondary N) is 1. The highest BCUT2D eigenvalue weighted by Crippen LogP contribution is 2.32. The van der Waals surface area contributed by atoms with Crippen molar-refractivity contribution in [3.05, 3.63) is 87.6 Å². The molecule has 5 rings (SSSR count). The fourth-order valence-electron chi connectivity index (χ4n) is 5.61. The third-order valence-corrected chi connectivity index (χ3v) is 7.81. The molecule has 0 unspecified atom stereocenters. The first-order valence-electron chi connectivity index (χ1n) is 13.2. The van der Waals surface area contributed by atoms with E-state index in [2.05, 4.69) is 38.8 Å². The zero-order valence-electron chi connectivity index (χ0n) is 22.9. The van der Waals surface area contributed by atoms with Gasteiger partial charge in [-0.2, -0.15) is 0 Å². The van der Waals surface area contributed by atoms with Gasteiger partial charge < -0.3 is 14.8 Å². The summed E-state index contributed by atoms with van der Waals surface area (Å²) in [5.74, 6) is 0.546. The van der Waals surface area contributed by atoms with E-state index in [9.17, 15) is 9.59 Å². The van der Waals surface area contributed by atoms with Crippen molar-refractivity contribution >= 4 is 22.6 Å². The van der Waals surface area contributed by atoms with Gasteiger partial charge in [-0.3, -0.25) is 19.1 Å². The van der Waals surface area contributed by atoms with Crippen LogP contribution in [0, 0.1) is 6.92 Å². The van der Waals surface area contributed by atoms with Crippen LogP contribution in [0.15, 0.2) is 59.7 Å². The number of amides is 1. The molecule has 1 fully saturated rings. The smallest absolute Gasteiger partial charge is 0.257 e. The van der Waals surface area contributed by atoms with Gasteiger partial charge in [0.15, 0.2) is 0 Å². The van der Waals surface area contributed by atoms with Crippen LogP contribution in [0.4, 0.5) is 5.69 Å². The van der Waals surface area contributed by atoms with Crippen molar-refractivity contribution in [2.24, 2.45) is 7.05 Å². The maximum absolute atomic E-state index is 12.8. The lowest BCUT2D eigenvalue weighted by Gasteiger charge is -2.33. The van der Waals surface area contributed by atoms with E-state index in [1.165, 1.54) is 16.8 Å². The Kier molecular flexibility index (Phi) is 7.08. The van der Waals surface area contributed by atoms with Crippen LogP contribution < -0.4 is 10.9 Å². The third-order valence-electron chi connectivity index (χ3n) is 7.81. The van der Waals surface area contributed by atoms with Gasteiger partial charge in [0.2, 0.25) is 0 Å². The van der Waals surface area contributed by atoms with Crippen LogP contribution in [-0.2, 0) is 13.6 Å². The van der Waals surface area contributed by atoms with Crippen LogP contribution >= 0.6 is 0 Å². The standard InChI is InChI=1S/C30H36N6O2/c1-20-16-22(30(38)33(3)4)6-7-25(20)21-9-13-35(14-10-21)19-24-18-26-27(8-12-32-29(26)34(24)5)36-15-11-23(31-2)17-28(36)37/h6-8,11-12,15-18,21,31H,9-10,13-14,19H2,1-5H3. The second-order valence-corrected chi connectivity index (χ2v) is 10.5. The van der Waals surface area contributed by atoms with Crippen LogP contribution in [0.2, 0.25) is 0 Å². The molecule has 8 heteroatoms. The number of hydrogen-bond donors (Lipinski definition) is 1. The molecule has 0 radical (unpaired) electrons. The van der Waals surface area contributed by atoms with E-state index < -0.39 is 0 Å². The van der Waals surface area contributed by atoms with E-state index in [1.54, 1.807) is 42.9 Å². The lowest BCUT2D eigenvalue weighted by Crippen LogP contribution is -2.33. The minimum atomic E-state index is -0.0776. The van der Waals surface area contributed by atoms with E-state index in [0.29, 0.717) is 5.92 Å². The number of pyridine rings is 2. The summed E-state index contributed by atoms with van der Waals surface area (Å²) in [6, 6.07) is 13.7. The van der Waals surface area contributed by atoms with Crippen molar-refractivity contribution in [2.45, 2.75) is 32.2 Å². The van der Waals surface area contributed by atoms with Crippen LogP contribution in [0.1, 0.15) is 45.9 Å². The van der Waals surface area contributed by atoms with E-state index >= 15 is 0 Å². The third kappa shape index (κ3) is 4.84. The van der Waals surface area contributed by atoms with E-state index in [4.69, 9.17) is 0 Å². The van der Waals surface area contributed by atoms with Crippen LogP contribution in [0.25, 0.3) is 16.7 Å². The Bertz CT molecular complexity index is 1540. The van der Waals surface area contributed by atoms with Crippen LogP contribution in [-0.4, -0.2) is 64.1 Å². The summed E-state index contributed by atoms with van der Waals surface area (Å²) in [5.41, 5.74) is 6.91. The Labute approximate surface area is 223 Å². The SMILES string of the molecule is CNc1ccn(-c2ccnc3c2cc(CN2CCC(c4ccc(C(=O)N(C)C)cc4C)CC2)n3C)c(=O)c1. The number of nitrogens with zero attached hydrogens (tertiary/aromatic N) is 5. The molecule has 8 nitrogen and oxygen atoms in total. The minimum absolute atomic E-state index is 0.0435. The molecule has 0 spiro atoms. The average molecular weight is 513 g/mol. The molecular weight excluding hydrogens is 476 g/mol. The van der Waals surface area contributed by atoms with Crippen molar-refractivity contribution in [1.82, 2.24) is 23.9 Å². The fraction of sp³-hybridized carbons (Fsp3) is 0.367. The Morgan fingerprint density at radius 1 is 1.11 bits per heavy atom. The first-order chi connectivity index (χ1) is 18.3. The molecule has 1 N–H and O–H groups in total. The number of carbonyl (C=O) groups excluding carboxylic acids is 1. The summed E-state index contributed by atoms with van der Waals surface area (Å²) in [7, 11) is 7.43. The Morgan fingerprint density at radius 3 is 2.53 bits per heavy atom. The predicted octanol–water partition coefficient (Wildman–Crippen LogP) is 4.16. The summed E-state index contributed by atoms with van der Waals surface area (Å²) < 4.78 is 3.82. The monoisotopic (exact) mass is 512 g/mol. The molecule has 0 atom stereocenters. The lowest BCUT2D eigenvalue weighted by molar-refractivity contribution is 0.0827. The molecule has 198 valence electrons. The Morgan fingerprint density at radius 2 is 1.87 bits per heavy atom. The average Bonchev–Trinajstić information content (AvgIpc) is 3.23. The van der Waals surface area contributed by atoms with E-state index in [0.717, 1.165) is 60.4 Å². The molecule has 0 saturated carbocycles. The van der Waals surface area contributed by atoms with Gasteiger partial charge in [0.25, 0.3) is 11.5 Å². The molecule has 3 aromatic heterocycles. The number of fused-ring (bicyclic) bond motifs is 1. The summed E-state index contributed by atoms with van der Waals surface area (Å²) in [4.78, 5) is 33.8. The van der Waals surface area contributed by atoms with Gasteiger partial charge in [-0.1, -0.05) is 6.07 Å². The van der Waals surface area contributed by atoms with Crippen LogP contribution in [0.3, 0.4) is 0 Å². The largest absolute Gasteiger partial charge is 0.388 e. The summed E-state index contributed by atoms with van der Waals surface area (Å²) in [6.45, 7) is 4.97. The molecule has 4 aromatic rings. The van der Waals surface area contributed by atoms with Crippen molar-refractivity contribution in [2.75, 3.05) is 39.5 Å². The quantitative estimate of drug-likeness (QED) is 0.420. The maximum Gasteiger partial charge on any atom is 0.257 e. The lowest BCUT2D eigenvalue weighted by atomic mass is 9.86. The zero-order chi connectivity index (χ0) is 27.0. The van der Waals surface area contributed by atoms with Gasteiger partial charge in [-0.05, 0) is 80.2 Å². The number of benzene rings is 1. The molecule has 1 aliphatic rings. The molecule has 1 aliphatic heterocycles. The number of aryl methyl sites for hydroxylation is 2. The summed E-state index contributed by atoms with van der Waals surface area (Å²) in [5, 5.41) is 3.99. The summed E-state index contributed by atoms with van der Waals surface area (Å²) >= 11 is 0. The zero-order valence-corrected chi connectivity index (χ0v) is 22.9. The van der Waals surface area contributed by atoms with Gasteiger partial charge in [0.05, 0.1) is 5.69 Å². The number of anilines is 1. The Balaban J connectivity index is 1.32. The van der Waals surface area contributed by atoms with Gasteiger partial charge in [0.1, 0.15) is 5.65 Å². The number of likely N-dealkylation sites (tertiary alicyclic amines) is 1. The van der Waals surface area contributed by atoms with Crippen molar-refractivity contribution in [1.29, 1.82) is 0 Å². The predicted molar refractivity (Wildman–Crippen MR) is 152 cm³/mol. The first kappa shape index (κ1) is 25.7. The highest BCUT2D eigenvalue weighted by molar-refractivity contribution is 5.94. The number of carbonyl (C=O) groups is 1. The first-order valence-corrected chi connectivity index (χ1v) is 13.2. The van der Waals surface area contributed by atoms with E-state index in [1.807, 2.05) is 37.5 Å². The topological polar surface area (TPSA) is 75.4 Å². The highest BCUT2D eigenvalue weighted by atomic mass is 16.2. The second-order valence-electron chi connectivity index (χ2n) is 10.5. The van der Waals surface area contributed by atoms with Crippen molar-refractivity contribution in [3.8, 4) is 5.69 Å². The van der Waals surface area contributed by atoms with E-state index in [-0.39, 0.29) is 11.5 Å². The number of hydrogen-bond acceptors (Lipinski definition) is 5. The molecule has 1 amide bonds. The molecular formula is C30H36N6O2. The number of aromatic nitrogens is 3. The molecule has 0 bridgehead atoms. The normalized spacial score (nSPS) is 14.7. The maximum atomic E-state index is 12.8. The van der Waals surface area contributed by atoms with Gasteiger partial charge in [-0.15, -0.1) is 0 Å². The van der Waals surface area contributed by atoms with Gasteiger partial charge >= 0.3 is 0 Å². The highest BCUT2D eigenvalue weighted by Gasteiger charge is 2.24. The number of rotatable bonds is 6. The number of piperidine rings is 1. The molecule has 1 aromatic carbocycles. The Hall–Kier alpha value is -3.91. The van der Waals surface area contributed by atoms with Crippen LogP contribution in [0.5, 0.6) is 0 Å². The van der Waals surface area contributed by atoms with Gasteiger partial charge in [0, 0.05) is 75.5 Å². The molecule has 0 aliphatic carbocycles. The van der Waals surface area contributed by atoms with Gasteiger partial charge in [-0.25, -0.2) is 4.98 Å². The van der Waals surface area contributed by atoms with Crippen molar-refractivity contribution in [3.63, 3.8) is 0 Å². The fourth-order valence-corrected chi connectivity index (χ4v) is 5.61. The van der Waals surface area contributed by atoms with Crippen molar-refractivity contribution < 1.29 is 4.79 Å². The minimum Gasteiger partial charge on any atom is -0.388 e. The molecule has 4 heterocycles.